The van der Waals surface area contributed by atoms with Gasteiger partial charge in [0.25, 0.3) is 5.91 Å². The zero-order valence-corrected chi connectivity index (χ0v) is 16.3. The van der Waals surface area contributed by atoms with Crippen molar-refractivity contribution in [1.82, 2.24) is 9.97 Å². The summed E-state index contributed by atoms with van der Waals surface area (Å²) in [4.78, 5) is 21.0. The number of hydrogen-bond donors (Lipinski definition) is 2. The monoisotopic (exact) mass is 376 g/mol. The van der Waals surface area contributed by atoms with E-state index in [2.05, 4.69) is 26.7 Å². The van der Waals surface area contributed by atoms with E-state index in [1.54, 1.807) is 19.4 Å². The fourth-order valence-corrected chi connectivity index (χ4v) is 2.96. The zero-order valence-electron chi connectivity index (χ0n) is 16.3. The molecule has 28 heavy (non-hydrogen) atoms. The Bertz CT molecular complexity index is 952. The number of aryl methyl sites for hydroxylation is 2. The highest BCUT2D eigenvalue weighted by molar-refractivity contribution is 6.03. The molecule has 6 nitrogen and oxygen atoms in total. The average Bonchev–Trinajstić information content (AvgIpc) is 2.67. The molecule has 1 aromatic heterocycles. The van der Waals surface area contributed by atoms with E-state index in [4.69, 9.17) is 4.74 Å². The van der Waals surface area contributed by atoms with Crippen LogP contribution in [-0.4, -0.2) is 29.5 Å². The van der Waals surface area contributed by atoms with Crippen molar-refractivity contribution in [1.29, 1.82) is 0 Å². The standard InChI is InChI=1S/C22H24N4O2/c1-15-11-16(2)13-18(12-15)25-21(27)20-8-10-24-22(26-20)23-9-7-17-5-4-6-19(14-17)28-3/h4-6,8,10-14H,7,9H2,1-3H3,(H,25,27)(H,23,24,26). The second kappa shape index (κ2) is 8.99. The van der Waals surface area contributed by atoms with Crippen LogP contribution in [0.15, 0.2) is 54.7 Å². The third-order valence-electron chi connectivity index (χ3n) is 4.20. The molecule has 0 spiro atoms. The van der Waals surface area contributed by atoms with Crippen LogP contribution in [0.25, 0.3) is 0 Å². The van der Waals surface area contributed by atoms with Gasteiger partial charge in [-0.1, -0.05) is 18.2 Å². The van der Waals surface area contributed by atoms with Gasteiger partial charge in [0.2, 0.25) is 5.95 Å². The van der Waals surface area contributed by atoms with Gasteiger partial charge in [-0.25, -0.2) is 9.97 Å². The average molecular weight is 376 g/mol. The summed E-state index contributed by atoms with van der Waals surface area (Å²) in [5.41, 5.74) is 4.41. The number of benzene rings is 2. The number of methoxy groups -OCH3 is 1. The SMILES string of the molecule is COc1cccc(CCNc2nccc(C(=O)Nc3cc(C)cc(C)c3)n2)c1. The molecule has 3 rings (SSSR count). The first-order valence-corrected chi connectivity index (χ1v) is 9.13. The van der Waals surface area contributed by atoms with Crippen LogP contribution in [0.1, 0.15) is 27.2 Å². The molecule has 0 aliphatic carbocycles. The molecule has 0 fully saturated rings. The van der Waals surface area contributed by atoms with Gasteiger partial charge in [0.05, 0.1) is 7.11 Å². The van der Waals surface area contributed by atoms with Crippen molar-refractivity contribution in [3.8, 4) is 5.75 Å². The van der Waals surface area contributed by atoms with E-state index in [0.717, 1.165) is 34.5 Å². The van der Waals surface area contributed by atoms with E-state index in [1.165, 1.54) is 0 Å². The van der Waals surface area contributed by atoms with Crippen LogP contribution in [0.4, 0.5) is 11.6 Å². The Labute approximate surface area is 165 Å². The molecule has 1 amide bonds. The van der Waals surface area contributed by atoms with Crippen LogP contribution < -0.4 is 15.4 Å². The maximum absolute atomic E-state index is 12.5. The number of hydrogen-bond acceptors (Lipinski definition) is 5. The number of anilines is 2. The number of ether oxygens (including phenoxy) is 1. The molecule has 2 aromatic carbocycles. The molecule has 6 heteroatoms. The third-order valence-corrected chi connectivity index (χ3v) is 4.20. The minimum absolute atomic E-state index is 0.261. The first-order valence-electron chi connectivity index (χ1n) is 9.13. The van der Waals surface area contributed by atoms with Gasteiger partial charge in [-0.3, -0.25) is 4.79 Å². The number of nitrogens with one attached hydrogen (secondary N) is 2. The number of nitrogens with zero attached hydrogens (tertiary/aromatic N) is 2. The van der Waals surface area contributed by atoms with E-state index in [0.29, 0.717) is 18.2 Å². The highest BCUT2D eigenvalue weighted by Gasteiger charge is 2.10. The number of aromatic nitrogens is 2. The molecule has 0 aliphatic heterocycles. The minimum atomic E-state index is -0.261. The summed E-state index contributed by atoms with van der Waals surface area (Å²) < 4.78 is 5.24. The Morgan fingerprint density at radius 3 is 2.61 bits per heavy atom. The van der Waals surface area contributed by atoms with Crippen LogP contribution in [0, 0.1) is 13.8 Å². The van der Waals surface area contributed by atoms with Gasteiger partial charge in [-0.15, -0.1) is 0 Å². The summed E-state index contributed by atoms with van der Waals surface area (Å²) in [6, 6.07) is 15.4. The topological polar surface area (TPSA) is 76.1 Å². The Morgan fingerprint density at radius 1 is 1.07 bits per heavy atom. The molecule has 0 atom stereocenters. The molecule has 0 bridgehead atoms. The van der Waals surface area contributed by atoms with Crippen molar-refractivity contribution >= 4 is 17.5 Å². The molecule has 144 valence electrons. The maximum atomic E-state index is 12.5. The molecule has 1 heterocycles. The third kappa shape index (κ3) is 5.30. The number of carbonyl (C=O) groups excluding carboxylic acids is 1. The van der Waals surface area contributed by atoms with Gasteiger partial charge in [0, 0.05) is 18.4 Å². The van der Waals surface area contributed by atoms with E-state index in [1.807, 2.05) is 50.2 Å². The lowest BCUT2D eigenvalue weighted by atomic mass is 10.1. The molecule has 0 radical (unpaired) electrons. The van der Waals surface area contributed by atoms with Crippen molar-refractivity contribution in [2.75, 3.05) is 24.3 Å². The van der Waals surface area contributed by atoms with Gasteiger partial charge >= 0.3 is 0 Å². The number of amides is 1. The van der Waals surface area contributed by atoms with Crippen molar-refractivity contribution in [3.63, 3.8) is 0 Å². The predicted octanol–water partition coefficient (Wildman–Crippen LogP) is 4.01. The van der Waals surface area contributed by atoms with Crippen LogP contribution in [0.5, 0.6) is 5.75 Å². The van der Waals surface area contributed by atoms with Crippen molar-refractivity contribution in [2.24, 2.45) is 0 Å². The maximum Gasteiger partial charge on any atom is 0.274 e. The van der Waals surface area contributed by atoms with Gasteiger partial charge in [-0.05, 0) is 67.3 Å². The lowest BCUT2D eigenvalue weighted by Crippen LogP contribution is -2.16. The molecular formula is C22H24N4O2. The predicted molar refractivity (Wildman–Crippen MR) is 111 cm³/mol. The summed E-state index contributed by atoms with van der Waals surface area (Å²) >= 11 is 0. The fourth-order valence-electron chi connectivity index (χ4n) is 2.96. The van der Waals surface area contributed by atoms with Gasteiger partial charge in [-0.2, -0.15) is 0 Å². The largest absolute Gasteiger partial charge is 0.497 e. The quantitative estimate of drug-likeness (QED) is 0.652. The highest BCUT2D eigenvalue weighted by atomic mass is 16.5. The van der Waals surface area contributed by atoms with Crippen LogP contribution >= 0.6 is 0 Å². The Kier molecular flexibility index (Phi) is 6.22. The van der Waals surface area contributed by atoms with Gasteiger partial charge < -0.3 is 15.4 Å². The van der Waals surface area contributed by atoms with Gasteiger partial charge in [0.15, 0.2) is 0 Å². The molecule has 0 saturated heterocycles. The van der Waals surface area contributed by atoms with Crippen LogP contribution in [-0.2, 0) is 6.42 Å². The summed E-state index contributed by atoms with van der Waals surface area (Å²) in [5, 5.41) is 6.06. The van der Waals surface area contributed by atoms with Crippen molar-refractivity contribution in [3.05, 3.63) is 77.1 Å². The Hall–Kier alpha value is -3.41. The zero-order chi connectivity index (χ0) is 19.9. The van der Waals surface area contributed by atoms with Crippen LogP contribution in [0.2, 0.25) is 0 Å². The molecular weight excluding hydrogens is 352 g/mol. The second-order valence-electron chi connectivity index (χ2n) is 6.62. The molecule has 0 saturated carbocycles. The van der Waals surface area contributed by atoms with Crippen LogP contribution in [0.3, 0.4) is 0 Å². The minimum Gasteiger partial charge on any atom is -0.497 e. The van der Waals surface area contributed by atoms with E-state index in [9.17, 15) is 4.79 Å². The molecule has 2 N–H and O–H groups in total. The highest BCUT2D eigenvalue weighted by Crippen LogP contribution is 2.15. The molecule has 3 aromatic rings. The second-order valence-corrected chi connectivity index (χ2v) is 6.62. The first kappa shape index (κ1) is 19.4. The van der Waals surface area contributed by atoms with E-state index in [-0.39, 0.29) is 5.91 Å². The number of rotatable bonds is 7. The Balaban J connectivity index is 1.60. The van der Waals surface area contributed by atoms with Gasteiger partial charge in [0.1, 0.15) is 11.4 Å². The Morgan fingerprint density at radius 2 is 1.86 bits per heavy atom. The smallest absolute Gasteiger partial charge is 0.274 e. The first-order chi connectivity index (χ1) is 13.5. The van der Waals surface area contributed by atoms with Crippen molar-refractivity contribution < 1.29 is 9.53 Å². The van der Waals surface area contributed by atoms with Crippen molar-refractivity contribution in [2.45, 2.75) is 20.3 Å². The molecule has 0 aliphatic rings. The summed E-state index contributed by atoms with van der Waals surface area (Å²) in [7, 11) is 1.65. The van der Waals surface area contributed by atoms with E-state index >= 15 is 0 Å². The lowest BCUT2D eigenvalue weighted by molar-refractivity contribution is 0.102. The number of carbonyl (C=O) groups is 1. The lowest BCUT2D eigenvalue weighted by Gasteiger charge is -2.09. The van der Waals surface area contributed by atoms with E-state index < -0.39 is 0 Å². The summed E-state index contributed by atoms with van der Waals surface area (Å²) in [6.45, 7) is 4.64. The molecule has 0 unspecified atom stereocenters. The fraction of sp³-hybridized carbons (Fsp3) is 0.227. The summed E-state index contributed by atoms with van der Waals surface area (Å²) in [5.74, 6) is 0.998. The normalized spacial score (nSPS) is 10.4. The summed E-state index contributed by atoms with van der Waals surface area (Å²) in [6.07, 6.45) is 2.37.